The maximum absolute atomic E-state index is 12.8. The van der Waals surface area contributed by atoms with Crippen LogP contribution >= 0.6 is 0 Å². The molecule has 0 radical (unpaired) electrons. The first-order valence-electron chi connectivity index (χ1n) is 7.13. The van der Waals surface area contributed by atoms with Crippen molar-refractivity contribution in [3.05, 3.63) is 54.3 Å². The Hall–Kier alpha value is -2.89. The van der Waals surface area contributed by atoms with E-state index in [0.29, 0.717) is 17.1 Å². The molecule has 0 fully saturated rings. The van der Waals surface area contributed by atoms with Gasteiger partial charge in [-0.3, -0.25) is 9.59 Å². The van der Waals surface area contributed by atoms with Crippen molar-refractivity contribution in [1.29, 1.82) is 0 Å². The zero-order valence-corrected chi connectivity index (χ0v) is 12.5. The van der Waals surface area contributed by atoms with Crippen LogP contribution in [0.4, 0.5) is 15.8 Å². The van der Waals surface area contributed by atoms with Crippen LogP contribution < -0.4 is 15.0 Å². The molecule has 0 spiro atoms. The summed E-state index contributed by atoms with van der Waals surface area (Å²) < 4.78 is 18.5. The number of para-hydroxylation sites is 2. The molecule has 2 aromatic carbocycles. The van der Waals surface area contributed by atoms with E-state index in [1.165, 1.54) is 29.2 Å². The molecule has 118 valence electrons. The third-order valence-electron chi connectivity index (χ3n) is 3.60. The minimum atomic E-state index is -0.879. The molecular formula is C17H15FN2O3. The molecule has 3 rings (SSSR count). The number of carbonyl (C=O) groups excluding carboxylic acids is 2. The van der Waals surface area contributed by atoms with Gasteiger partial charge >= 0.3 is 0 Å². The largest absolute Gasteiger partial charge is 0.478 e. The lowest BCUT2D eigenvalue weighted by atomic mass is 10.1. The van der Waals surface area contributed by atoms with Crippen molar-refractivity contribution in [1.82, 2.24) is 0 Å². The fraction of sp³-hybridized carbons (Fsp3) is 0.176. The average Bonchev–Trinajstić information content (AvgIpc) is 2.54. The minimum Gasteiger partial charge on any atom is -0.478 e. The van der Waals surface area contributed by atoms with Crippen molar-refractivity contribution in [2.75, 3.05) is 17.3 Å². The first kappa shape index (κ1) is 15.0. The van der Waals surface area contributed by atoms with Gasteiger partial charge in [0.25, 0.3) is 5.91 Å². The lowest BCUT2D eigenvalue weighted by Crippen LogP contribution is -2.45. The van der Waals surface area contributed by atoms with Gasteiger partial charge < -0.3 is 15.0 Å². The number of rotatable bonds is 3. The SMILES string of the molecule is CN1C(=O)C(CC(=O)Nc2ccc(F)cc2)Oc2ccccc21. The summed E-state index contributed by atoms with van der Waals surface area (Å²) in [5, 5.41) is 2.62. The van der Waals surface area contributed by atoms with E-state index in [4.69, 9.17) is 4.74 Å². The molecule has 5 nitrogen and oxygen atoms in total. The second-order valence-corrected chi connectivity index (χ2v) is 5.23. The molecule has 23 heavy (non-hydrogen) atoms. The maximum atomic E-state index is 12.8. The number of hydrogen-bond donors (Lipinski definition) is 1. The third-order valence-corrected chi connectivity index (χ3v) is 3.60. The van der Waals surface area contributed by atoms with Crippen LogP contribution in [0, 0.1) is 5.82 Å². The second kappa shape index (κ2) is 6.08. The summed E-state index contributed by atoms with van der Waals surface area (Å²) in [4.78, 5) is 25.8. The van der Waals surface area contributed by atoms with E-state index in [1.54, 1.807) is 25.2 Å². The molecule has 0 aromatic heterocycles. The van der Waals surface area contributed by atoms with Crippen LogP contribution in [-0.2, 0) is 9.59 Å². The van der Waals surface area contributed by atoms with E-state index >= 15 is 0 Å². The number of carbonyl (C=O) groups is 2. The summed E-state index contributed by atoms with van der Waals surface area (Å²) in [6.07, 6.45) is -0.995. The molecule has 1 aliphatic heterocycles. The number of anilines is 2. The summed E-state index contributed by atoms with van der Waals surface area (Å²) in [6, 6.07) is 12.6. The van der Waals surface area contributed by atoms with Gasteiger partial charge in [-0.15, -0.1) is 0 Å². The Kier molecular flexibility index (Phi) is 3.97. The highest BCUT2D eigenvalue weighted by Crippen LogP contribution is 2.33. The number of fused-ring (bicyclic) bond motifs is 1. The monoisotopic (exact) mass is 314 g/mol. The van der Waals surface area contributed by atoms with Gasteiger partial charge in [0.2, 0.25) is 5.91 Å². The van der Waals surface area contributed by atoms with Gasteiger partial charge in [-0.1, -0.05) is 12.1 Å². The highest BCUT2D eigenvalue weighted by molar-refractivity contribution is 6.03. The van der Waals surface area contributed by atoms with Crippen molar-refractivity contribution in [2.24, 2.45) is 0 Å². The molecule has 1 unspecified atom stereocenters. The lowest BCUT2D eigenvalue weighted by molar-refractivity contribution is -0.130. The molecule has 0 saturated carbocycles. The molecule has 6 heteroatoms. The van der Waals surface area contributed by atoms with Crippen molar-refractivity contribution < 1.29 is 18.7 Å². The van der Waals surface area contributed by atoms with Crippen LogP contribution in [-0.4, -0.2) is 25.0 Å². The molecule has 1 atom stereocenters. The predicted molar refractivity (Wildman–Crippen MR) is 83.9 cm³/mol. The smallest absolute Gasteiger partial charge is 0.268 e. The van der Waals surface area contributed by atoms with Crippen LogP contribution in [0.25, 0.3) is 0 Å². The number of halogens is 1. The Bertz CT molecular complexity index is 746. The predicted octanol–water partition coefficient (Wildman–Crippen LogP) is 2.58. The van der Waals surface area contributed by atoms with Gasteiger partial charge in [-0.05, 0) is 36.4 Å². The third kappa shape index (κ3) is 3.15. The number of nitrogens with one attached hydrogen (secondary N) is 1. The van der Waals surface area contributed by atoms with Crippen molar-refractivity contribution in [3.8, 4) is 5.75 Å². The topological polar surface area (TPSA) is 58.6 Å². The lowest BCUT2D eigenvalue weighted by Gasteiger charge is -2.31. The van der Waals surface area contributed by atoms with Gasteiger partial charge in [0, 0.05) is 12.7 Å². The number of amides is 2. The fourth-order valence-corrected chi connectivity index (χ4v) is 2.41. The standard InChI is InChI=1S/C17H15FN2O3/c1-20-13-4-2-3-5-14(13)23-15(17(20)22)10-16(21)19-12-8-6-11(18)7-9-12/h2-9,15H,10H2,1H3,(H,19,21). The maximum Gasteiger partial charge on any atom is 0.268 e. The highest BCUT2D eigenvalue weighted by Gasteiger charge is 2.33. The van der Waals surface area contributed by atoms with Crippen LogP contribution in [0.5, 0.6) is 5.75 Å². The number of ether oxygens (including phenoxy) is 1. The van der Waals surface area contributed by atoms with E-state index in [9.17, 15) is 14.0 Å². The molecule has 0 bridgehead atoms. The summed E-state index contributed by atoms with van der Waals surface area (Å²) in [7, 11) is 1.65. The minimum absolute atomic E-state index is 0.116. The Morgan fingerprint density at radius 2 is 1.91 bits per heavy atom. The molecule has 1 N–H and O–H groups in total. The molecule has 2 aromatic rings. The normalized spacial score (nSPS) is 16.5. The van der Waals surface area contributed by atoms with E-state index in [1.807, 2.05) is 6.07 Å². The highest BCUT2D eigenvalue weighted by atomic mass is 19.1. The first-order chi connectivity index (χ1) is 11.0. The summed E-state index contributed by atoms with van der Waals surface area (Å²) in [6.45, 7) is 0. The number of nitrogens with zero attached hydrogens (tertiary/aromatic N) is 1. The number of likely N-dealkylation sites (N-methyl/N-ethyl adjacent to an activating group) is 1. The van der Waals surface area contributed by atoms with Crippen LogP contribution in [0.15, 0.2) is 48.5 Å². The van der Waals surface area contributed by atoms with Gasteiger partial charge in [-0.25, -0.2) is 4.39 Å². The Morgan fingerprint density at radius 1 is 1.22 bits per heavy atom. The molecule has 2 amide bonds. The molecule has 0 saturated heterocycles. The van der Waals surface area contributed by atoms with Crippen LogP contribution in [0.3, 0.4) is 0 Å². The van der Waals surface area contributed by atoms with Gasteiger partial charge in [0.1, 0.15) is 11.6 Å². The van der Waals surface area contributed by atoms with Gasteiger partial charge in [0.15, 0.2) is 6.10 Å². The molecule has 0 aliphatic carbocycles. The Morgan fingerprint density at radius 3 is 2.65 bits per heavy atom. The molecule has 1 heterocycles. The number of hydrogen-bond acceptors (Lipinski definition) is 3. The van der Waals surface area contributed by atoms with Crippen LogP contribution in [0.1, 0.15) is 6.42 Å². The molecule has 1 aliphatic rings. The zero-order chi connectivity index (χ0) is 16.4. The second-order valence-electron chi connectivity index (χ2n) is 5.23. The van der Waals surface area contributed by atoms with Crippen molar-refractivity contribution in [2.45, 2.75) is 12.5 Å². The zero-order valence-electron chi connectivity index (χ0n) is 12.5. The Balaban J connectivity index is 1.69. The summed E-state index contributed by atoms with van der Waals surface area (Å²) in [5.74, 6) is -0.470. The van der Waals surface area contributed by atoms with Gasteiger partial charge in [0.05, 0.1) is 12.1 Å². The number of benzene rings is 2. The van der Waals surface area contributed by atoms with Crippen LogP contribution in [0.2, 0.25) is 0 Å². The fourth-order valence-electron chi connectivity index (χ4n) is 2.41. The van der Waals surface area contributed by atoms with E-state index < -0.39 is 6.10 Å². The first-order valence-corrected chi connectivity index (χ1v) is 7.13. The van der Waals surface area contributed by atoms with Gasteiger partial charge in [-0.2, -0.15) is 0 Å². The van der Waals surface area contributed by atoms with Crippen molar-refractivity contribution in [3.63, 3.8) is 0 Å². The quantitative estimate of drug-likeness (QED) is 0.947. The van der Waals surface area contributed by atoms with E-state index in [0.717, 1.165) is 0 Å². The molecular weight excluding hydrogens is 299 g/mol. The summed E-state index contributed by atoms with van der Waals surface area (Å²) in [5.41, 5.74) is 1.14. The summed E-state index contributed by atoms with van der Waals surface area (Å²) >= 11 is 0. The van der Waals surface area contributed by atoms with E-state index in [-0.39, 0.29) is 24.1 Å². The van der Waals surface area contributed by atoms with Crippen molar-refractivity contribution >= 4 is 23.2 Å². The van der Waals surface area contributed by atoms with E-state index in [2.05, 4.69) is 5.32 Å². The Labute approximate surface area is 132 Å². The average molecular weight is 314 g/mol.